The number of rotatable bonds is 5. The summed E-state index contributed by atoms with van der Waals surface area (Å²) in [6.45, 7) is 1.35. The first-order valence-corrected chi connectivity index (χ1v) is 8.50. The summed E-state index contributed by atoms with van der Waals surface area (Å²) in [5.74, 6) is -1.11. The minimum absolute atomic E-state index is 0.00881. The van der Waals surface area contributed by atoms with Crippen LogP contribution in [0.2, 0.25) is 0 Å². The molecule has 1 aromatic heterocycles. The Morgan fingerprint density at radius 3 is 2.62 bits per heavy atom. The lowest BCUT2D eigenvalue weighted by atomic mass is 10.0. The van der Waals surface area contributed by atoms with Crippen molar-refractivity contribution in [2.45, 2.75) is 25.4 Å². The molecule has 1 saturated heterocycles. The number of aliphatic hydroxyl groups is 1. The van der Waals surface area contributed by atoms with Crippen LogP contribution in [0.4, 0.5) is 0 Å². The highest BCUT2D eigenvalue weighted by molar-refractivity contribution is 7.19. The molecule has 0 saturated carbocycles. The quantitative estimate of drug-likeness (QED) is 0.801. The first-order valence-electron chi connectivity index (χ1n) is 7.68. The Kier molecular flexibility index (Phi) is 4.38. The predicted octanol–water partition coefficient (Wildman–Crippen LogP) is 1.37. The summed E-state index contributed by atoms with van der Waals surface area (Å²) in [6, 6.07) is 9.71. The highest BCUT2D eigenvalue weighted by Gasteiger charge is 2.31. The van der Waals surface area contributed by atoms with Crippen LogP contribution in [-0.2, 0) is 20.0 Å². The van der Waals surface area contributed by atoms with Crippen molar-refractivity contribution in [2.24, 2.45) is 0 Å². The number of carbonyl (C=O) groups is 3. The molecule has 7 heteroatoms. The normalized spacial score (nSPS) is 17.3. The first kappa shape index (κ1) is 16.6. The van der Waals surface area contributed by atoms with E-state index in [1.165, 1.54) is 11.3 Å². The Hall–Kier alpha value is -2.25. The lowest BCUT2D eigenvalue weighted by molar-refractivity contribution is -0.142. The van der Waals surface area contributed by atoms with Crippen molar-refractivity contribution >= 4 is 39.1 Å². The van der Waals surface area contributed by atoms with Gasteiger partial charge >= 0.3 is 0 Å². The smallest absolute Gasteiger partial charge is 0.240 e. The average Bonchev–Trinajstić information content (AvgIpc) is 3.12. The van der Waals surface area contributed by atoms with Crippen molar-refractivity contribution in [2.75, 3.05) is 13.1 Å². The minimum atomic E-state index is -1.22. The molecule has 0 radical (unpaired) electrons. The molecular formula is C17H18N2O4S. The molecule has 2 aromatic rings. The maximum absolute atomic E-state index is 12.0. The third kappa shape index (κ3) is 3.32. The predicted molar refractivity (Wildman–Crippen MR) is 90.4 cm³/mol. The van der Waals surface area contributed by atoms with Gasteiger partial charge in [-0.05, 0) is 24.4 Å². The third-order valence-electron chi connectivity index (χ3n) is 4.04. The number of imide groups is 1. The monoisotopic (exact) mass is 346 g/mol. The van der Waals surface area contributed by atoms with Crippen molar-refractivity contribution < 1.29 is 19.5 Å². The fourth-order valence-corrected chi connectivity index (χ4v) is 3.71. The zero-order valence-electron chi connectivity index (χ0n) is 13.2. The second kappa shape index (κ2) is 6.33. The van der Waals surface area contributed by atoms with E-state index in [2.05, 4.69) is 5.32 Å². The van der Waals surface area contributed by atoms with Gasteiger partial charge in [0.25, 0.3) is 0 Å². The van der Waals surface area contributed by atoms with Crippen molar-refractivity contribution in [3.05, 3.63) is 35.2 Å². The fourth-order valence-electron chi connectivity index (χ4n) is 2.60. The molecule has 1 atom stereocenters. The SMILES string of the molecule is C[C@](O)(CNC(=O)CN1C(=O)CCC1=O)c1cc2ccccc2s1. The lowest BCUT2D eigenvalue weighted by Gasteiger charge is -2.23. The molecule has 3 amide bonds. The molecule has 1 fully saturated rings. The summed E-state index contributed by atoms with van der Waals surface area (Å²) in [6.07, 6.45) is 0.317. The Morgan fingerprint density at radius 1 is 1.29 bits per heavy atom. The van der Waals surface area contributed by atoms with Gasteiger partial charge in [0.1, 0.15) is 12.1 Å². The molecule has 0 bridgehead atoms. The molecule has 3 rings (SSSR count). The standard InChI is InChI=1S/C17H18N2O4S/c1-17(23,13-8-11-4-2-3-5-12(11)24-13)10-18-14(20)9-19-15(21)6-7-16(19)22/h2-5,8,23H,6-7,9-10H2,1H3,(H,18,20)/t17-/m0/s1. The Balaban J connectivity index is 1.63. The topological polar surface area (TPSA) is 86.7 Å². The number of fused-ring (bicyclic) bond motifs is 1. The highest BCUT2D eigenvalue weighted by Crippen LogP contribution is 2.32. The van der Waals surface area contributed by atoms with Crippen LogP contribution < -0.4 is 5.32 Å². The molecule has 1 aliphatic heterocycles. The number of amides is 3. The van der Waals surface area contributed by atoms with E-state index >= 15 is 0 Å². The molecule has 126 valence electrons. The van der Waals surface area contributed by atoms with Gasteiger partial charge in [0.05, 0.1) is 6.54 Å². The number of nitrogens with zero attached hydrogens (tertiary/aromatic N) is 1. The Morgan fingerprint density at radius 2 is 1.96 bits per heavy atom. The number of likely N-dealkylation sites (tertiary alicyclic amines) is 1. The molecule has 6 nitrogen and oxygen atoms in total. The molecule has 24 heavy (non-hydrogen) atoms. The first-order chi connectivity index (χ1) is 11.4. The second-order valence-electron chi connectivity index (χ2n) is 6.07. The van der Waals surface area contributed by atoms with Crippen molar-refractivity contribution in [3.8, 4) is 0 Å². The average molecular weight is 346 g/mol. The van der Waals surface area contributed by atoms with Crippen LogP contribution in [0.25, 0.3) is 10.1 Å². The fraction of sp³-hybridized carbons (Fsp3) is 0.353. The van der Waals surface area contributed by atoms with Gasteiger partial charge in [0.15, 0.2) is 0 Å². The molecule has 2 heterocycles. The van der Waals surface area contributed by atoms with Crippen LogP contribution >= 0.6 is 11.3 Å². The van der Waals surface area contributed by atoms with Gasteiger partial charge in [-0.25, -0.2) is 0 Å². The third-order valence-corrected chi connectivity index (χ3v) is 5.41. The number of hydrogen-bond donors (Lipinski definition) is 2. The zero-order valence-corrected chi connectivity index (χ0v) is 14.1. The summed E-state index contributed by atoms with van der Waals surface area (Å²) < 4.78 is 1.06. The molecular weight excluding hydrogens is 328 g/mol. The molecule has 2 N–H and O–H groups in total. The maximum atomic E-state index is 12.0. The molecule has 1 aliphatic rings. The van der Waals surface area contributed by atoms with Crippen LogP contribution in [0.5, 0.6) is 0 Å². The van der Waals surface area contributed by atoms with E-state index in [1.54, 1.807) is 6.92 Å². The zero-order chi connectivity index (χ0) is 17.3. The van der Waals surface area contributed by atoms with Crippen LogP contribution in [0.1, 0.15) is 24.6 Å². The largest absolute Gasteiger partial charge is 0.383 e. The van der Waals surface area contributed by atoms with E-state index < -0.39 is 11.5 Å². The number of hydrogen-bond acceptors (Lipinski definition) is 5. The van der Waals surface area contributed by atoms with Gasteiger partial charge in [-0.15, -0.1) is 11.3 Å². The van der Waals surface area contributed by atoms with Crippen LogP contribution in [-0.4, -0.2) is 40.8 Å². The summed E-state index contributed by atoms with van der Waals surface area (Å²) >= 11 is 1.47. The molecule has 0 unspecified atom stereocenters. The van der Waals surface area contributed by atoms with Gasteiger partial charge in [0.2, 0.25) is 17.7 Å². The van der Waals surface area contributed by atoms with E-state index in [4.69, 9.17) is 0 Å². The van der Waals surface area contributed by atoms with Gasteiger partial charge < -0.3 is 10.4 Å². The Bertz CT molecular complexity index is 763. The number of nitrogens with one attached hydrogen (secondary N) is 1. The van der Waals surface area contributed by atoms with E-state index in [0.717, 1.165) is 19.9 Å². The molecule has 1 aromatic carbocycles. The van der Waals surface area contributed by atoms with E-state index in [0.29, 0.717) is 0 Å². The van der Waals surface area contributed by atoms with E-state index in [9.17, 15) is 19.5 Å². The van der Waals surface area contributed by atoms with Crippen molar-refractivity contribution in [1.82, 2.24) is 10.2 Å². The summed E-state index contributed by atoms with van der Waals surface area (Å²) in [4.78, 5) is 36.7. The van der Waals surface area contributed by atoms with Crippen LogP contribution in [0.15, 0.2) is 30.3 Å². The highest BCUT2D eigenvalue weighted by atomic mass is 32.1. The summed E-state index contributed by atoms with van der Waals surface area (Å²) in [5, 5.41) is 14.3. The van der Waals surface area contributed by atoms with Gasteiger partial charge in [-0.1, -0.05) is 18.2 Å². The van der Waals surface area contributed by atoms with Crippen LogP contribution in [0, 0.1) is 0 Å². The van der Waals surface area contributed by atoms with Gasteiger partial charge in [-0.2, -0.15) is 0 Å². The van der Waals surface area contributed by atoms with Crippen LogP contribution in [0.3, 0.4) is 0 Å². The van der Waals surface area contributed by atoms with E-state index in [-0.39, 0.29) is 37.7 Å². The number of carbonyl (C=O) groups excluding carboxylic acids is 3. The number of thiophene rings is 1. The summed E-state index contributed by atoms with van der Waals surface area (Å²) in [7, 11) is 0. The maximum Gasteiger partial charge on any atom is 0.240 e. The van der Waals surface area contributed by atoms with Crippen molar-refractivity contribution in [1.29, 1.82) is 0 Å². The lowest BCUT2D eigenvalue weighted by Crippen LogP contribution is -2.44. The second-order valence-corrected chi connectivity index (χ2v) is 7.16. The van der Waals surface area contributed by atoms with Gasteiger partial charge in [-0.3, -0.25) is 19.3 Å². The number of benzene rings is 1. The molecule has 0 aliphatic carbocycles. The Labute approximate surface area is 143 Å². The molecule has 0 spiro atoms. The summed E-state index contributed by atoms with van der Waals surface area (Å²) in [5.41, 5.74) is -1.22. The van der Waals surface area contributed by atoms with Crippen molar-refractivity contribution in [3.63, 3.8) is 0 Å². The minimum Gasteiger partial charge on any atom is -0.383 e. The van der Waals surface area contributed by atoms with Gasteiger partial charge in [0, 0.05) is 22.4 Å². The van der Waals surface area contributed by atoms with E-state index in [1.807, 2.05) is 30.3 Å².